The van der Waals surface area contributed by atoms with Crippen LogP contribution in [0.25, 0.3) is 0 Å². The number of hydrogen-bond acceptors (Lipinski definition) is 4. The summed E-state index contributed by atoms with van der Waals surface area (Å²) in [5.41, 5.74) is 18.5. The van der Waals surface area contributed by atoms with Crippen molar-refractivity contribution in [3.05, 3.63) is 119 Å². The minimum Gasteiger partial charge on any atom is -0.458 e. The highest BCUT2D eigenvalue weighted by molar-refractivity contribution is 5.49. The Kier molecular flexibility index (Phi) is 14.0. The molecule has 9 unspecified atom stereocenters. The Hall–Kier alpha value is -3.92. The summed E-state index contributed by atoms with van der Waals surface area (Å²) in [5, 5.41) is 0. The van der Waals surface area contributed by atoms with Gasteiger partial charge in [-0.1, -0.05) is 83.0 Å². The average molecular weight is 785 g/mol. The van der Waals surface area contributed by atoms with Crippen LogP contribution < -0.4 is 20.9 Å². The second-order valence-electron chi connectivity index (χ2n) is 19.3. The lowest BCUT2D eigenvalue weighted by molar-refractivity contribution is -0.122. The number of nitrogen functional groups attached to an aromatic ring is 1. The Morgan fingerprint density at radius 3 is 2.12 bits per heavy atom. The predicted molar refractivity (Wildman–Crippen MR) is 246 cm³/mol. The zero-order valence-corrected chi connectivity index (χ0v) is 37.6. The summed E-state index contributed by atoms with van der Waals surface area (Å²) in [7, 11) is 0. The van der Waals surface area contributed by atoms with E-state index in [1.54, 1.807) is 0 Å². The zero-order valence-electron chi connectivity index (χ0n) is 37.6. The van der Waals surface area contributed by atoms with Gasteiger partial charge in [-0.2, -0.15) is 0 Å². The highest BCUT2D eigenvalue weighted by Gasteiger charge is 2.62. The Morgan fingerprint density at radius 1 is 0.793 bits per heavy atom. The molecule has 4 heteroatoms. The van der Waals surface area contributed by atoms with Gasteiger partial charge in [0.25, 0.3) is 0 Å². The monoisotopic (exact) mass is 785 g/mol. The van der Waals surface area contributed by atoms with Crippen LogP contribution in [0.4, 0.5) is 5.69 Å². The maximum atomic E-state index is 6.48. The molecule has 0 heterocycles. The highest BCUT2D eigenvalue weighted by Crippen LogP contribution is 2.70. The van der Waals surface area contributed by atoms with E-state index in [4.69, 9.17) is 20.9 Å². The lowest BCUT2D eigenvalue weighted by Gasteiger charge is -2.63. The van der Waals surface area contributed by atoms with E-state index in [1.165, 1.54) is 80.9 Å². The zero-order chi connectivity index (χ0) is 41.7. The number of hydrogen-bond donors (Lipinski definition) is 2. The molecule has 0 saturated heterocycles. The van der Waals surface area contributed by atoms with E-state index in [1.807, 2.05) is 64.1 Å². The third-order valence-electron chi connectivity index (χ3n) is 15.7. The standard InChI is InChI=1S/C52H70N2O2.C2H6/c1-8-42(30-37(5)53)55-43-19-11-16-38(31-43)52(39-17-12-20-44(32-39)56-45-21-13-18-41(54)33-45)29-28-50(6)40(34-52)22-23-46-48-25-24-47(51(48,7)27-26-49(46)50)36(4)15-10-9-14-35(2)3;1-2/h8,11-14,16-21,30-33,36,40,46-49H,9-10,15,22-29,34,53-54H2,1-7H3;1-2H3/b37-30+,42-8+;. The Bertz CT molecular complexity index is 1930. The predicted octanol–water partition coefficient (Wildman–Crippen LogP) is 14.9. The molecule has 4 saturated carbocycles. The number of fused-ring (bicyclic) bond motifs is 5. The third-order valence-corrected chi connectivity index (χ3v) is 15.7. The molecule has 7 rings (SSSR count). The van der Waals surface area contributed by atoms with Gasteiger partial charge in [-0.3, -0.25) is 0 Å². The molecule has 58 heavy (non-hydrogen) atoms. The third kappa shape index (κ3) is 8.97. The lowest BCUT2D eigenvalue weighted by Crippen LogP contribution is -2.55. The smallest absolute Gasteiger partial charge is 0.129 e. The van der Waals surface area contributed by atoms with Gasteiger partial charge in [0, 0.05) is 22.9 Å². The number of nitrogens with two attached hydrogens (primary N) is 2. The van der Waals surface area contributed by atoms with E-state index in [0.29, 0.717) is 22.4 Å². The molecule has 4 aliphatic rings. The first-order chi connectivity index (χ1) is 27.8. The van der Waals surface area contributed by atoms with Crippen LogP contribution in [0, 0.1) is 46.3 Å². The van der Waals surface area contributed by atoms with Crippen molar-refractivity contribution in [3.63, 3.8) is 0 Å². The second-order valence-corrected chi connectivity index (χ2v) is 19.3. The molecular formula is C54H76N2O2. The lowest BCUT2D eigenvalue weighted by atomic mass is 9.42. The molecule has 4 N–H and O–H groups in total. The van der Waals surface area contributed by atoms with E-state index in [-0.39, 0.29) is 5.41 Å². The van der Waals surface area contributed by atoms with Crippen LogP contribution in [-0.4, -0.2) is 0 Å². The van der Waals surface area contributed by atoms with Crippen LogP contribution in [0.15, 0.2) is 108 Å². The highest BCUT2D eigenvalue weighted by atomic mass is 16.5. The molecule has 9 atom stereocenters. The second kappa shape index (κ2) is 18.6. The fourth-order valence-electron chi connectivity index (χ4n) is 12.9. The molecule has 0 radical (unpaired) electrons. The minimum atomic E-state index is -0.163. The van der Waals surface area contributed by atoms with Crippen molar-refractivity contribution >= 4 is 5.69 Å². The van der Waals surface area contributed by atoms with Crippen molar-refractivity contribution in [2.45, 2.75) is 145 Å². The van der Waals surface area contributed by atoms with Crippen molar-refractivity contribution in [3.8, 4) is 17.2 Å². The number of allylic oxidation sites excluding steroid dienone is 5. The number of rotatable bonds is 12. The molecular weight excluding hydrogens is 709 g/mol. The number of anilines is 1. The van der Waals surface area contributed by atoms with Gasteiger partial charge in [-0.15, -0.1) is 0 Å². The number of ether oxygens (including phenoxy) is 2. The summed E-state index contributed by atoms with van der Waals surface area (Å²) < 4.78 is 13.0. The van der Waals surface area contributed by atoms with Crippen LogP contribution in [0.2, 0.25) is 0 Å². The van der Waals surface area contributed by atoms with E-state index in [2.05, 4.69) is 89.2 Å². The summed E-state index contributed by atoms with van der Waals surface area (Å²) in [5.74, 6) is 8.18. The fraction of sp³-hybridized carbons (Fsp3) is 0.556. The molecule has 3 aromatic carbocycles. The van der Waals surface area contributed by atoms with Crippen LogP contribution in [0.3, 0.4) is 0 Å². The molecule has 0 spiro atoms. The first kappa shape index (κ1) is 43.7. The number of unbranched alkanes of at least 4 members (excludes halogenated alkanes) is 1. The molecule has 4 fully saturated rings. The van der Waals surface area contributed by atoms with Gasteiger partial charge in [0.1, 0.15) is 23.0 Å². The van der Waals surface area contributed by atoms with E-state index in [0.717, 1.165) is 71.1 Å². The van der Waals surface area contributed by atoms with Gasteiger partial charge in [0.2, 0.25) is 0 Å². The Balaban J connectivity index is 0.00000279. The van der Waals surface area contributed by atoms with Crippen molar-refractivity contribution in [2.75, 3.05) is 5.73 Å². The normalized spacial score (nSPS) is 31.1. The van der Waals surface area contributed by atoms with Gasteiger partial charge in [-0.05, 0) is 204 Å². The van der Waals surface area contributed by atoms with Crippen molar-refractivity contribution in [2.24, 2.45) is 52.1 Å². The maximum Gasteiger partial charge on any atom is 0.129 e. The van der Waals surface area contributed by atoms with Crippen molar-refractivity contribution < 1.29 is 9.47 Å². The van der Waals surface area contributed by atoms with Crippen molar-refractivity contribution in [1.29, 1.82) is 0 Å². The number of benzene rings is 3. The van der Waals surface area contributed by atoms with Gasteiger partial charge in [0.05, 0.1) is 0 Å². The van der Waals surface area contributed by atoms with Crippen LogP contribution in [0.5, 0.6) is 17.2 Å². The summed E-state index contributed by atoms with van der Waals surface area (Å²) in [4.78, 5) is 0. The molecule has 3 aromatic rings. The van der Waals surface area contributed by atoms with Crippen LogP contribution in [-0.2, 0) is 5.41 Å². The minimum absolute atomic E-state index is 0.163. The SMILES string of the molecule is C/C=C(\C=C(/C)N)Oc1cccc(C2(c3cccc(Oc4cccc(N)c4)c3)CCC3(C)C(CCC4C3CCC3(C)C(C(C)CCCC=C(C)C)CCC43)C2)c1.CC. The van der Waals surface area contributed by atoms with E-state index >= 15 is 0 Å². The quantitative estimate of drug-likeness (QED) is 0.0631. The molecule has 0 aromatic heterocycles. The molecule has 0 bridgehead atoms. The van der Waals surface area contributed by atoms with Gasteiger partial charge in [-0.25, -0.2) is 0 Å². The molecule has 314 valence electrons. The summed E-state index contributed by atoms with van der Waals surface area (Å²) in [6.07, 6.45) is 22.2. The first-order valence-electron chi connectivity index (χ1n) is 23.0. The molecule has 0 aliphatic heterocycles. The first-order valence-corrected chi connectivity index (χ1v) is 23.0. The van der Waals surface area contributed by atoms with Gasteiger partial charge < -0.3 is 20.9 Å². The van der Waals surface area contributed by atoms with Gasteiger partial charge >= 0.3 is 0 Å². The molecule has 0 amide bonds. The largest absolute Gasteiger partial charge is 0.458 e. The molecule has 4 aliphatic carbocycles. The summed E-state index contributed by atoms with van der Waals surface area (Å²) in [6, 6.07) is 25.5. The Morgan fingerprint density at radius 2 is 1.45 bits per heavy atom. The van der Waals surface area contributed by atoms with E-state index in [9.17, 15) is 0 Å². The fourth-order valence-corrected chi connectivity index (χ4v) is 12.9. The van der Waals surface area contributed by atoms with Gasteiger partial charge in [0.15, 0.2) is 0 Å². The van der Waals surface area contributed by atoms with Crippen LogP contribution in [0.1, 0.15) is 150 Å². The summed E-state index contributed by atoms with van der Waals surface area (Å²) in [6.45, 7) is 20.4. The summed E-state index contributed by atoms with van der Waals surface area (Å²) >= 11 is 0. The maximum absolute atomic E-state index is 6.48. The van der Waals surface area contributed by atoms with E-state index < -0.39 is 0 Å². The van der Waals surface area contributed by atoms with Crippen molar-refractivity contribution in [1.82, 2.24) is 0 Å². The van der Waals surface area contributed by atoms with Crippen LogP contribution >= 0.6 is 0 Å². The molecule has 4 nitrogen and oxygen atoms in total. The average Bonchev–Trinajstić information content (AvgIpc) is 3.57. The topological polar surface area (TPSA) is 70.5 Å². The Labute approximate surface area is 353 Å².